The zero-order valence-electron chi connectivity index (χ0n) is 18.9. The van der Waals surface area contributed by atoms with Crippen molar-refractivity contribution in [2.75, 3.05) is 7.11 Å². The number of nitrogens with one attached hydrogen (secondary N) is 1. The summed E-state index contributed by atoms with van der Waals surface area (Å²) in [6, 6.07) is 21.5. The Morgan fingerprint density at radius 1 is 0.971 bits per heavy atom. The molecule has 0 unspecified atom stereocenters. The lowest BCUT2D eigenvalue weighted by Gasteiger charge is -2.09. The molecule has 0 saturated heterocycles. The van der Waals surface area contributed by atoms with Crippen LogP contribution in [-0.2, 0) is 17.8 Å². The fourth-order valence-corrected chi connectivity index (χ4v) is 3.73. The van der Waals surface area contributed by atoms with Crippen molar-refractivity contribution in [2.24, 2.45) is 0 Å². The van der Waals surface area contributed by atoms with E-state index in [4.69, 9.17) is 13.9 Å². The van der Waals surface area contributed by atoms with E-state index in [1.165, 1.54) is 6.26 Å². The van der Waals surface area contributed by atoms with E-state index in [9.17, 15) is 9.59 Å². The van der Waals surface area contributed by atoms with Crippen LogP contribution in [0.4, 0.5) is 0 Å². The zero-order valence-corrected chi connectivity index (χ0v) is 18.9. The Morgan fingerprint density at radius 2 is 1.74 bits per heavy atom. The van der Waals surface area contributed by atoms with Crippen molar-refractivity contribution in [2.45, 2.75) is 13.0 Å². The molecular formula is C27H21N3O5. The van der Waals surface area contributed by atoms with Gasteiger partial charge in [0.15, 0.2) is 0 Å². The molecule has 35 heavy (non-hydrogen) atoms. The Bertz CT molecular complexity index is 1550. The standard InChI is InChI=1S/C27H21N3O5/c1-33-20-12-10-17(11-13-20)26-28-19(15-34-26)16-35-27(32)21-7-3-2-6-18(21)14-24-29-23-9-5-4-8-22(23)25(31)30-24/h2-13,15H,14,16H2,1H3,(H,29,30,31). The number of aromatic nitrogens is 3. The summed E-state index contributed by atoms with van der Waals surface area (Å²) in [5.74, 6) is 1.12. The van der Waals surface area contributed by atoms with E-state index in [-0.39, 0.29) is 18.6 Å². The second-order valence-electron chi connectivity index (χ2n) is 7.81. The van der Waals surface area contributed by atoms with E-state index in [0.29, 0.717) is 39.4 Å². The van der Waals surface area contributed by atoms with Crippen molar-refractivity contribution in [1.29, 1.82) is 0 Å². The lowest BCUT2D eigenvalue weighted by atomic mass is 10.0. The molecule has 8 heteroatoms. The minimum Gasteiger partial charge on any atom is -0.497 e. The molecule has 5 rings (SSSR count). The monoisotopic (exact) mass is 467 g/mol. The van der Waals surface area contributed by atoms with Crippen LogP contribution in [-0.4, -0.2) is 28.0 Å². The average Bonchev–Trinajstić information content (AvgIpc) is 3.37. The number of rotatable bonds is 7. The Morgan fingerprint density at radius 3 is 2.57 bits per heavy atom. The van der Waals surface area contributed by atoms with Gasteiger partial charge < -0.3 is 18.9 Å². The largest absolute Gasteiger partial charge is 0.497 e. The van der Waals surface area contributed by atoms with Gasteiger partial charge in [-0.3, -0.25) is 4.79 Å². The molecule has 1 N–H and O–H groups in total. The molecule has 0 atom stereocenters. The van der Waals surface area contributed by atoms with Gasteiger partial charge in [0.2, 0.25) is 5.89 Å². The maximum atomic E-state index is 12.9. The molecule has 0 fully saturated rings. The minimum absolute atomic E-state index is 0.0438. The molecule has 2 heterocycles. The maximum absolute atomic E-state index is 12.9. The molecular weight excluding hydrogens is 446 g/mol. The van der Waals surface area contributed by atoms with Crippen LogP contribution in [0, 0.1) is 0 Å². The number of para-hydroxylation sites is 1. The first-order valence-corrected chi connectivity index (χ1v) is 10.9. The van der Waals surface area contributed by atoms with Gasteiger partial charge >= 0.3 is 5.97 Å². The van der Waals surface area contributed by atoms with Crippen LogP contribution in [0.1, 0.15) is 27.4 Å². The number of methoxy groups -OCH3 is 1. The number of oxazole rings is 1. The smallest absolute Gasteiger partial charge is 0.338 e. The number of nitrogens with zero attached hydrogens (tertiary/aromatic N) is 2. The van der Waals surface area contributed by atoms with Crippen LogP contribution in [0.3, 0.4) is 0 Å². The van der Waals surface area contributed by atoms with E-state index >= 15 is 0 Å². The van der Waals surface area contributed by atoms with Crippen molar-refractivity contribution < 1.29 is 18.7 Å². The van der Waals surface area contributed by atoms with Gasteiger partial charge in [-0.25, -0.2) is 14.8 Å². The molecule has 2 aromatic heterocycles. The number of fused-ring (bicyclic) bond motifs is 1. The number of carbonyl (C=O) groups excluding carboxylic acids is 1. The van der Waals surface area contributed by atoms with Crippen LogP contribution in [0.5, 0.6) is 5.75 Å². The van der Waals surface area contributed by atoms with Gasteiger partial charge in [0.25, 0.3) is 5.56 Å². The summed E-state index contributed by atoms with van der Waals surface area (Å²) in [6.07, 6.45) is 1.74. The maximum Gasteiger partial charge on any atom is 0.338 e. The number of aromatic amines is 1. The SMILES string of the molecule is COc1ccc(-c2nc(COC(=O)c3ccccc3Cc3nc4ccccc4c(=O)[nH]3)co2)cc1. The van der Waals surface area contributed by atoms with Crippen molar-refractivity contribution in [3.63, 3.8) is 0 Å². The van der Waals surface area contributed by atoms with Crippen LogP contribution < -0.4 is 10.3 Å². The first-order valence-electron chi connectivity index (χ1n) is 10.9. The highest BCUT2D eigenvalue weighted by atomic mass is 16.5. The molecule has 3 aromatic carbocycles. The Hall–Kier alpha value is -4.72. The molecule has 8 nitrogen and oxygen atoms in total. The summed E-state index contributed by atoms with van der Waals surface area (Å²) in [7, 11) is 1.60. The third-order valence-corrected chi connectivity index (χ3v) is 5.50. The van der Waals surface area contributed by atoms with Crippen molar-refractivity contribution in [1.82, 2.24) is 15.0 Å². The summed E-state index contributed by atoms with van der Waals surface area (Å²) >= 11 is 0. The van der Waals surface area contributed by atoms with E-state index in [0.717, 1.165) is 11.3 Å². The highest BCUT2D eigenvalue weighted by Crippen LogP contribution is 2.22. The molecule has 0 amide bonds. The normalized spacial score (nSPS) is 10.9. The van der Waals surface area contributed by atoms with Crippen LogP contribution >= 0.6 is 0 Å². The number of carbonyl (C=O) groups is 1. The number of hydrogen-bond acceptors (Lipinski definition) is 7. The molecule has 5 aromatic rings. The third-order valence-electron chi connectivity index (χ3n) is 5.50. The summed E-state index contributed by atoms with van der Waals surface area (Å²) < 4.78 is 16.2. The van der Waals surface area contributed by atoms with Gasteiger partial charge in [-0.05, 0) is 48.0 Å². The highest BCUT2D eigenvalue weighted by molar-refractivity contribution is 5.91. The van der Waals surface area contributed by atoms with Gasteiger partial charge in [0.05, 0.1) is 23.6 Å². The molecule has 0 saturated carbocycles. The first-order chi connectivity index (χ1) is 17.1. The van der Waals surface area contributed by atoms with Crippen molar-refractivity contribution in [3.8, 4) is 17.2 Å². The quantitative estimate of drug-likeness (QED) is 0.350. The number of H-pyrrole nitrogens is 1. The summed E-state index contributed by atoms with van der Waals surface area (Å²) in [5, 5.41) is 0.519. The predicted molar refractivity (Wildman–Crippen MR) is 129 cm³/mol. The van der Waals surface area contributed by atoms with Crippen LogP contribution in [0.15, 0.2) is 88.3 Å². The van der Waals surface area contributed by atoms with Gasteiger partial charge in [-0.2, -0.15) is 0 Å². The van der Waals surface area contributed by atoms with E-state index in [1.807, 2.05) is 42.5 Å². The van der Waals surface area contributed by atoms with Gasteiger partial charge in [-0.1, -0.05) is 30.3 Å². The molecule has 0 spiro atoms. The first kappa shape index (κ1) is 22.1. The molecule has 0 radical (unpaired) electrons. The number of hydrogen-bond donors (Lipinski definition) is 1. The second-order valence-corrected chi connectivity index (χ2v) is 7.81. The van der Waals surface area contributed by atoms with Gasteiger partial charge in [0.1, 0.15) is 30.1 Å². The molecule has 0 aliphatic rings. The minimum atomic E-state index is -0.502. The van der Waals surface area contributed by atoms with E-state index < -0.39 is 5.97 Å². The highest BCUT2D eigenvalue weighted by Gasteiger charge is 2.16. The number of benzene rings is 3. The number of esters is 1. The third kappa shape index (κ3) is 4.81. The Labute approximate surface area is 200 Å². The second kappa shape index (κ2) is 9.64. The molecule has 0 bridgehead atoms. The fourth-order valence-electron chi connectivity index (χ4n) is 3.73. The predicted octanol–water partition coefficient (Wildman–Crippen LogP) is 4.53. The summed E-state index contributed by atoms with van der Waals surface area (Å²) in [5.41, 5.74) is 2.74. The molecule has 0 aliphatic carbocycles. The Kier molecular flexibility index (Phi) is 6.09. The summed E-state index contributed by atoms with van der Waals surface area (Å²) in [6.45, 7) is -0.0438. The molecule has 174 valence electrons. The fraction of sp³-hybridized carbons (Fsp3) is 0.111. The van der Waals surface area contributed by atoms with Crippen LogP contribution in [0.25, 0.3) is 22.4 Å². The van der Waals surface area contributed by atoms with Crippen molar-refractivity contribution >= 4 is 16.9 Å². The Balaban J connectivity index is 1.30. The number of ether oxygens (including phenoxy) is 2. The zero-order chi connectivity index (χ0) is 24.2. The lowest BCUT2D eigenvalue weighted by molar-refractivity contribution is 0.0466. The topological polar surface area (TPSA) is 107 Å². The average molecular weight is 467 g/mol. The van der Waals surface area contributed by atoms with Crippen molar-refractivity contribution in [3.05, 3.63) is 112 Å². The lowest BCUT2D eigenvalue weighted by Crippen LogP contribution is -2.14. The molecule has 0 aliphatic heterocycles. The van der Waals surface area contributed by atoms with Gasteiger partial charge in [0, 0.05) is 12.0 Å². The van der Waals surface area contributed by atoms with Gasteiger partial charge in [-0.15, -0.1) is 0 Å². The summed E-state index contributed by atoms with van der Waals surface area (Å²) in [4.78, 5) is 37.0. The van der Waals surface area contributed by atoms with Crippen LogP contribution in [0.2, 0.25) is 0 Å². The van der Waals surface area contributed by atoms with E-state index in [2.05, 4.69) is 15.0 Å². The van der Waals surface area contributed by atoms with E-state index in [1.54, 1.807) is 37.4 Å².